The van der Waals surface area contributed by atoms with E-state index in [-0.39, 0.29) is 17.2 Å². The van der Waals surface area contributed by atoms with Gasteiger partial charge in [0, 0.05) is 12.1 Å². The van der Waals surface area contributed by atoms with E-state index in [0.717, 1.165) is 28.8 Å². The number of anilines is 1. The van der Waals surface area contributed by atoms with Gasteiger partial charge in [-0.15, -0.1) is 10.2 Å². The number of carbonyl (C=O) groups is 1. The van der Waals surface area contributed by atoms with Crippen molar-refractivity contribution >= 4 is 23.4 Å². The number of nitrogens with zero attached hydrogens (tertiary/aromatic N) is 2. The SMILES string of the molecule is CCOc1ccc(Cc2nnc(SCC(=O)Nc3ccc(OCC)cc3)[nH]c2=O)cc1. The maximum Gasteiger partial charge on any atom is 0.273 e. The number of aromatic nitrogens is 3. The van der Waals surface area contributed by atoms with Crippen LogP contribution in [0, 0.1) is 0 Å². The summed E-state index contributed by atoms with van der Waals surface area (Å²) >= 11 is 1.11. The zero-order valence-corrected chi connectivity index (χ0v) is 18.2. The predicted molar refractivity (Wildman–Crippen MR) is 120 cm³/mol. The zero-order chi connectivity index (χ0) is 22.1. The molecule has 3 rings (SSSR count). The van der Waals surface area contributed by atoms with E-state index in [0.29, 0.717) is 36.2 Å². The second kappa shape index (κ2) is 11.2. The first kappa shape index (κ1) is 22.4. The van der Waals surface area contributed by atoms with Crippen LogP contribution in [-0.4, -0.2) is 40.1 Å². The van der Waals surface area contributed by atoms with Crippen molar-refractivity contribution in [3.63, 3.8) is 0 Å². The zero-order valence-electron chi connectivity index (χ0n) is 17.4. The minimum atomic E-state index is -0.321. The van der Waals surface area contributed by atoms with Crippen LogP contribution in [0.4, 0.5) is 5.69 Å². The number of aromatic amines is 1. The third-order valence-electron chi connectivity index (χ3n) is 4.14. The van der Waals surface area contributed by atoms with Crippen LogP contribution in [0.5, 0.6) is 11.5 Å². The number of hydrogen-bond acceptors (Lipinski definition) is 7. The third-order valence-corrected chi connectivity index (χ3v) is 5.00. The van der Waals surface area contributed by atoms with E-state index in [1.807, 2.05) is 38.1 Å². The number of benzene rings is 2. The molecule has 0 saturated carbocycles. The molecule has 1 heterocycles. The number of nitrogens with one attached hydrogen (secondary N) is 2. The first-order valence-electron chi connectivity index (χ1n) is 9.90. The molecule has 0 fully saturated rings. The molecule has 2 aromatic carbocycles. The molecule has 8 nitrogen and oxygen atoms in total. The molecule has 0 unspecified atom stereocenters. The number of hydrogen-bond donors (Lipinski definition) is 2. The molecule has 0 spiro atoms. The van der Waals surface area contributed by atoms with Gasteiger partial charge in [-0.1, -0.05) is 23.9 Å². The standard InChI is InChI=1S/C22H24N4O4S/c1-3-29-17-9-5-15(6-10-17)13-19-21(28)24-22(26-25-19)31-14-20(27)23-16-7-11-18(12-8-16)30-4-2/h5-12H,3-4,13-14H2,1-2H3,(H,23,27)(H,24,26,28). The van der Waals surface area contributed by atoms with Crippen molar-refractivity contribution < 1.29 is 14.3 Å². The summed E-state index contributed by atoms with van der Waals surface area (Å²) in [6.07, 6.45) is 0.359. The molecule has 0 saturated heterocycles. The number of rotatable bonds is 10. The normalized spacial score (nSPS) is 10.5. The minimum Gasteiger partial charge on any atom is -0.494 e. The van der Waals surface area contributed by atoms with E-state index in [1.54, 1.807) is 24.3 Å². The van der Waals surface area contributed by atoms with Crippen molar-refractivity contribution in [2.24, 2.45) is 0 Å². The summed E-state index contributed by atoms with van der Waals surface area (Å²) in [5, 5.41) is 11.1. The lowest BCUT2D eigenvalue weighted by molar-refractivity contribution is -0.113. The number of H-pyrrole nitrogens is 1. The van der Waals surface area contributed by atoms with Crippen LogP contribution in [0.2, 0.25) is 0 Å². The van der Waals surface area contributed by atoms with Crippen molar-refractivity contribution in [2.75, 3.05) is 24.3 Å². The average Bonchev–Trinajstić information content (AvgIpc) is 2.77. The Hall–Kier alpha value is -3.33. The predicted octanol–water partition coefficient (Wildman–Crippen LogP) is 3.28. The molecule has 0 aliphatic rings. The maximum atomic E-state index is 12.3. The highest BCUT2D eigenvalue weighted by Gasteiger charge is 2.09. The topological polar surface area (TPSA) is 106 Å². The van der Waals surface area contributed by atoms with E-state index >= 15 is 0 Å². The molecule has 3 aromatic rings. The van der Waals surface area contributed by atoms with Gasteiger partial charge in [-0.3, -0.25) is 14.6 Å². The Morgan fingerprint density at radius 3 is 2.16 bits per heavy atom. The van der Waals surface area contributed by atoms with Crippen molar-refractivity contribution in [1.82, 2.24) is 15.2 Å². The van der Waals surface area contributed by atoms with E-state index in [1.165, 1.54) is 0 Å². The third kappa shape index (κ3) is 6.85. The number of ether oxygens (including phenoxy) is 2. The summed E-state index contributed by atoms with van der Waals surface area (Å²) in [4.78, 5) is 27.2. The van der Waals surface area contributed by atoms with Gasteiger partial charge in [-0.05, 0) is 55.8 Å². The highest BCUT2D eigenvalue weighted by atomic mass is 32.2. The Labute approximate surface area is 184 Å². The second-order valence-corrected chi connectivity index (χ2v) is 7.42. The van der Waals surface area contributed by atoms with Gasteiger partial charge >= 0.3 is 0 Å². The Morgan fingerprint density at radius 1 is 0.968 bits per heavy atom. The van der Waals surface area contributed by atoms with Crippen LogP contribution in [-0.2, 0) is 11.2 Å². The highest BCUT2D eigenvalue weighted by molar-refractivity contribution is 7.99. The van der Waals surface area contributed by atoms with Gasteiger partial charge in [0.15, 0.2) is 5.16 Å². The summed E-state index contributed by atoms with van der Waals surface area (Å²) in [5.74, 6) is 1.40. The van der Waals surface area contributed by atoms with Crippen molar-refractivity contribution in [2.45, 2.75) is 25.4 Å². The summed E-state index contributed by atoms with van der Waals surface area (Å²) in [7, 11) is 0. The number of amides is 1. The van der Waals surface area contributed by atoms with Crippen molar-refractivity contribution in [3.05, 3.63) is 70.1 Å². The van der Waals surface area contributed by atoms with Crippen LogP contribution < -0.4 is 20.3 Å². The molecule has 1 amide bonds. The molecule has 31 heavy (non-hydrogen) atoms. The largest absolute Gasteiger partial charge is 0.494 e. The average molecular weight is 441 g/mol. The Kier molecular flexibility index (Phi) is 8.05. The minimum absolute atomic E-state index is 0.0933. The monoisotopic (exact) mass is 440 g/mol. The van der Waals surface area contributed by atoms with Crippen LogP contribution in [0.3, 0.4) is 0 Å². The summed E-state index contributed by atoms with van der Waals surface area (Å²) in [5.41, 5.74) is 1.59. The summed E-state index contributed by atoms with van der Waals surface area (Å²) in [6.45, 7) is 5.02. The smallest absolute Gasteiger partial charge is 0.273 e. The van der Waals surface area contributed by atoms with E-state index in [9.17, 15) is 9.59 Å². The van der Waals surface area contributed by atoms with Gasteiger partial charge in [0.05, 0.1) is 19.0 Å². The van der Waals surface area contributed by atoms with Gasteiger partial charge in [0.1, 0.15) is 17.2 Å². The first-order valence-corrected chi connectivity index (χ1v) is 10.9. The lowest BCUT2D eigenvalue weighted by Crippen LogP contribution is -2.19. The number of carbonyl (C=O) groups excluding carboxylic acids is 1. The fraction of sp³-hybridized carbons (Fsp3) is 0.273. The van der Waals surface area contributed by atoms with Crippen LogP contribution in [0.1, 0.15) is 25.1 Å². The lowest BCUT2D eigenvalue weighted by atomic mass is 10.1. The Morgan fingerprint density at radius 2 is 1.58 bits per heavy atom. The fourth-order valence-corrected chi connectivity index (χ4v) is 3.33. The van der Waals surface area contributed by atoms with E-state index in [4.69, 9.17) is 9.47 Å². The molecule has 0 aliphatic heterocycles. The molecular weight excluding hydrogens is 416 g/mol. The van der Waals surface area contributed by atoms with Crippen molar-refractivity contribution in [1.29, 1.82) is 0 Å². The maximum absolute atomic E-state index is 12.3. The van der Waals surface area contributed by atoms with E-state index < -0.39 is 0 Å². The van der Waals surface area contributed by atoms with Gasteiger partial charge < -0.3 is 14.8 Å². The van der Waals surface area contributed by atoms with Crippen molar-refractivity contribution in [3.8, 4) is 11.5 Å². The van der Waals surface area contributed by atoms with E-state index in [2.05, 4.69) is 20.5 Å². The van der Waals surface area contributed by atoms with Crippen LogP contribution in [0.15, 0.2) is 58.5 Å². The number of thioether (sulfide) groups is 1. The molecule has 2 N–H and O–H groups in total. The summed E-state index contributed by atoms with van der Waals surface area (Å²) < 4.78 is 10.8. The second-order valence-electron chi connectivity index (χ2n) is 6.45. The molecule has 1 aromatic heterocycles. The first-order chi connectivity index (χ1) is 15.1. The Bertz CT molecular complexity index is 1050. The highest BCUT2D eigenvalue weighted by Crippen LogP contribution is 2.17. The molecular formula is C22H24N4O4S. The van der Waals surface area contributed by atoms with Gasteiger partial charge in [-0.2, -0.15) is 0 Å². The molecule has 0 bridgehead atoms. The van der Waals surface area contributed by atoms with Gasteiger partial charge in [0.25, 0.3) is 5.56 Å². The van der Waals surface area contributed by atoms with Gasteiger partial charge in [0.2, 0.25) is 5.91 Å². The lowest BCUT2D eigenvalue weighted by Gasteiger charge is -2.07. The van der Waals surface area contributed by atoms with Crippen LogP contribution >= 0.6 is 11.8 Å². The molecule has 0 radical (unpaired) electrons. The molecule has 162 valence electrons. The molecule has 0 atom stereocenters. The summed E-state index contributed by atoms with van der Waals surface area (Å²) in [6, 6.07) is 14.6. The van der Waals surface area contributed by atoms with Crippen LogP contribution in [0.25, 0.3) is 0 Å². The quantitative estimate of drug-likeness (QED) is 0.466. The molecule has 9 heteroatoms. The van der Waals surface area contributed by atoms with Gasteiger partial charge in [-0.25, -0.2) is 0 Å². The fourth-order valence-electron chi connectivity index (χ4n) is 2.72. The Balaban J connectivity index is 1.52. The molecule has 0 aliphatic carbocycles.